The number of amides is 1. The average Bonchev–Trinajstić information content (AvgIpc) is 2.73. The third-order valence-corrected chi connectivity index (χ3v) is 2.38. The van der Waals surface area contributed by atoms with Crippen molar-refractivity contribution < 1.29 is 4.79 Å². The molecule has 1 aromatic carbocycles. The van der Waals surface area contributed by atoms with Gasteiger partial charge in [-0.1, -0.05) is 29.8 Å². The molecule has 1 aromatic heterocycles. The highest BCUT2D eigenvalue weighted by Gasteiger charge is 2.07. The first kappa shape index (κ1) is 11.2. The molecule has 0 aliphatic heterocycles. The number of rotatable bonds is 3. The summed E-state index contributed by atoms with van der Waals surface area (Å²) in [5.74, 6) is 0.0985. The molecule has 1 amide bonds. The monoisotopic (exact) mass is 230 g/mol. The van der Waals surface area contributed by atoms with Crippen LogP contribution in [0.2, 0.25) is 0 Å². The molecule has 1 heterocycles. The topological polar surface area (TPSA) is 83.8 Å². The number of nitrogens with one attached hydrogen (secondary N) is 2. The van der Waals surface area contributed by atoms with Crippen molar-refractivity contribution in [1.82, 2.24) is 15.5 Å². The van der Waals surface area contributed by atoms with Gasteiger partial charge in [0.05, 0.1) is 0 Å². The van der Waals surface area contributed by atoms with E-state index in [1.807, 2.05) is 31.2 Å². The fourth-order valence-electron chi connectivity index (χ4n) is 1.55. The number of H-pyrrole nitrogens is 1. The average molecular weight is 230 g/mol. The summed E-state index contributed by atoms with van der Waals surface area (Å²) < 4.78 is 0. The first-order valence-corrected chi connectivity index (χ1v) is 5.30. The van der Waals surface area contributed by atoms with Gasteiger partial charge in [0.25, 0.3) is 5.91 Å². The van der Waals surface area contributed by atoms with E-state index in [0.717, 1.165) is 5.56 Å². The lowest BCUT2D eigenvalue weighted by Crippen LogP contribution is -2.23. The van der Waals surface area contributed by atoms with Crippen LogP contribution in [0.25, 0.3) is 0 Å². The van der Waals surface area contributed by atoms with Crippen LogP contribution in [0.4, 0.5) is 5.82 Å². The summed E-state index contributed by atoms with van der Waals surface area (Å²) >= 11 is 0. The number of carbonyl (C=O) groups is 1. The quantitative estimate of drug-likeness (QED) is 0.741. The molecule has 0 atom stereocenters. The fourth-order valence-corrected chi connectivity index (χ4v) is 1.55. The molecule has 5 heteroatoms. The number of nitrogen functional groups attached to an aromatic ring is 1. The third kappa shape index (κ3) is 2.84. The first-order chi connectivity index (χ1) is 8.15. The molecule has 2 aromatic rings. The second-order valence-corrected chi connectivity index (χ2v) is 3.88. The van der Waals surface area contributed by atoms with E-state index in [9.17, 15) is 4.79 Å². The van der Waals surface area contributed by atoms with Crippen LogP contribution in [-0.4, -0.2) is 16.1 Å². The number of carbonyl (C=O) groups excluding carboxylic acids is 1. The molecule has 0 saturated carbocycles. The molecule has 5 nitrogen and oxygen atoms in total. The number of aryl methyl sites for hydroxylation is 1. The molecular formula is C12H14N4O. The van der Waals surface area contributed by atoms with Crippen LogP contribution in [0.3, 0.4) is 0 Å². The minimum atomic E-state index is -0.212. The number of hydrogen-bond acceptors (Lipinski definition) is 3. The summed E-state index contributed by atoms with van der Waals surface area (Å²) in [5.41, 5.74) is 8.02. The maximum atomic E-state index is 11.7. The van der Waals surface area contributed by atoms with Crippen LogP contribution >= 0.6 is 0 Å². The lowest BCUT2D eigenvalue weighted by Gasteiger charge is -2.04. The summed E-state index contributed by atoms with van der Waals surface area (Å²) in [7, 11) is 0. The molecule has 2 rings (SSSR count). The second kappa shape index (κ2) is 4.69. The number of aromatic nitrogens is 2. The Morgan fingerprint density at radius 3 is 2.94 bits per heavy atom. The van der Waals surface area contributed by atoms with E-state index in [0.29, 0.717) is 18.1 Å². The Bertz CT molecular complexity index is 533. The van der Waals surface area contributed by atoms with Crippen molar-refractivity contribution in [1.29, 1.82) is 0 Å². The summed E-state index contributed by atoms with van der Waals surface area (Å²) in [6, 6.07) is 9.48. The van der Waals surface area contributed by atoms with Crippen LogP contribution in [-0.2, 0) is 6.54 Å². The number of aromatic amines is 1. The molecule has 0 saturated heterocycles. The predicted octanol–water partition coefficient (Wildman–Crippen LogP) is 1.23. The number of anilines is 1. The van der Waals surface area contributed by atoms with Crippen LogP contribution in [0.15, 0.2) is 30.3 Å². The van der Waals surface area contributed by atoms with E-state index in [-0.39, 0.29) is 5.91 Å². The largest absolute Gasteiger partial charge is 0.382 e. The molecule has 0 fully saturated rings. The van der Waals surface area contributed by atoms with Gasteiger partial charge in [-0.25, -0.2) is 0 Å². The highest BCUT2D eigenvalue weighted by molar-refractivity contribution is 5.92. The van der Waals surface area contributed by atoms with Crippen molar-refractivity contribution in [3.8, 4) is 0 Å². The maximum absolute atomic E-state index is 11.7. The van der Waals surface area contributed by atoms with Gasteiger partial charge in [0.1, 0.15) is 11.5 Å². The smallest absolute Gasteiger partial charge is 0.269 e. The summed E-state index contributed by atoms with van der Waals surface area (Å²) in [5, 5.41) is 9.05. The van der Waals surface area contributed by atoms with Gasteiger partial charge in [0, 0.05) is 12.6 Å². The Kier molecular flexibility index (Phi) is 3.09. The SMILES string of the molecule is Cc1cccc(CNC(=O)c2cc(N)n[nH]2)c1. The van der Waals surface area contributed by atoms with E-state index in [4.69, 9.17) is 5.73 Å². The van der Waals surface area contributed by atoms with Crippen LogP contribution < -0.4 is 11.1 Å². The minimum absolute atomic E-state index is 0.212. The highest BCUT2D eigenvalue weighted by atomic mass is 16.1. The first-order valence-electron chi connectivity index (χ1n) is 5.30. The van der Waals surface area contributed by atoms with Crippen molar-refractivity contribution >= 4 is 11.7 Å². The normalized spacial score (nSPS) is 10.2. The lowest BCUT2D eigenvalue weighted by molar-refractivity contribution is 0.0946. The Hall–Kier alpha value is -2.30. The van der Waals surface area contributed by atoms with Crippen molar-refractivity contribution in [2.24, 2.45) is 0 Å². The van der Waals surface area contributed by atoms with E-state index >= 15 is 0 Å². The lowest BCUT2D eigenvalue weighted by atomic mass is 10.1. The minimum Gasteiger partial charge on any atom is -0.382 e. The zero-order chi connectivity index (χ0) is 12.3. The van der Waals surface area contributed by atoms with Gasteiger partial charge < -0.3 is 11.1 Å². The molecule has 0 aliphatic rings. The number of nitrogens with zero attached hydrogens (tertiary/aromatic N) is 1. The van der Waals surface area contributed by atoms with Crippen LogP contribution in [0.5, 0.6) is 0 Å². The van der Waals surface area contributed by atoms with Crippen LogP contribution in [0, 0.1) is 6.92 Å². The van der Waals surface area contributed by atoms with Crippen molar-refractivity contribution in [2.45, 2.75) is 13.5 Å². The van der Waals surface area contributed by atoms with Crippen molar-refractivity contribution in [3.63, 3.8) is 0 Å². The predicted molar refractivity (Wildman–Crippen MR) is 65.3 cm³/mol. The highest BCUT2D eigenvalue weighted by Crippen LogP contribution is 2.04. The van der Waals surface area contributed by atoms with Gasteiger partial charge in [-0.15, -0.1) is 0 Å². The van der Waals surface area contributed by atoms with Gasteiger partial charge in [-0.2, -0.15) is 5.10 Å². The Morgan fingerprint density at radius 1 is 1.47 bits per heavy atom. The zero-order valence-corrected chi connectivity index (χ0v) is 9.53. The molecular weight excluding hydrogens is 216 g/mol. The number of benzene rings is 1. The number of hydrogen-bond donors (Lipinski definition) is 3. The Balaban J connectivity index is 1.97. The van der Waals surface area contributed by atoms with E-state index in [1.54, 1.807) is 0 Å². The summed E-state index contributed by atoms with van der Waals surface area (Å²) in [4.78, 5) is 11.7. The summed E-state index contributed by atoms with van der Waals surface area (Å²) in [6.45, 7) is 2.50. The molecule has 0 spiro atoms. The van der Waals surface area contributed by atoms with Gasteiger partial charge >= 0.3 is 0 Å². The molecule has 0 radical (unpaired) electrons. The zero-order valence-electron chi connectivity index (χ0n) is 9.53. The Morgan fingerprint density at radius 2 is 2.29 bits per heavy atom. The third-order valence-electron chi connectivity index (χ3n) is 2.38. The Labute approximate surface area is 99.0 Å². The van der Waals surface area contributed by atoms with Gasteiger partial charge in [-0.3, -0.25) is 9.89 Å². The van der Waals surface area contributed by atoms with Crippen molar-refractivity contribution in [3.05, 3.63) is 47.2 Å². The molecule has 17 heavy (non-hydrogen) atoms. The summed E-state index contributed by atoms with van der Waals surface area (Å²) in [6.07, 6.45) is 0. The van der Waals surface area contributed by atoms with E-state index < -0.39 is 0 Å². The van der Waals surface area contributed by atoms with Crippen LogP contribution in [0.1, 0.15) is 21.6 Å². The number of nitrogens with two attached hydrogens (primary N) is 1. The molecule has 4 N–H and O–H groups in total. The maximum Gasteiger partial charge on any atom is 0.269 e. The standard InChI is InChI=1S/C12H14N4O/c1-8-3-2-4-9(5-8)7-14-12(17)10-6-11(13)16-15-10/h2-6H,7H2,1H3,(H,14,17)(H3,13,15,16). The molecule has 0 bridgehead atoms. The fraction of sp³-hybridized carbons (Fsp3) is 0.167. The second-order valence-electron chi connectivity index (χ2n) is 3.88. The van der Waals surface area contributed by atoms with Crippen molar-refractivity contribution in [2.75, 3.05) is 5.73 Å². The van der Waals surface area contributed by atoms with Gasteiger partial charge in [0.2, 0.25) is 0 Å². The molecule has 0 unspecified atom stereocenters. The molecule has 0 aliphatic carbocycles. The van der Waals surface area contributed by atoms with E-state index in [1.165, 1.54) is 11.6 Å². The molecule has 88 valence electrons. The van der Waals surface area contributed by atoms with Gasteiger partial charge in [-0.05, 0) is 12.5 Å². The van der Waals surface area contributed by atoms with E-state index in [2.05, 4.69) is 15.5 Å². The van der Waals surface area contributed by atoms with Gasteiger partial charge in [0.15, 0.2) is 0 Å².